The molecule has 1 aromatic carbocycles. The molecule has 0 unspecified atom stereocenters. The first-order valence-electron chi connectivity index (χ1n) is 4.63. The summed E-state index contributed by atoms with van der Waals surface area (Å²) < 4.78 is 0. The van der Waals surface area contributed by atoms with Gasteiger partial charge in [0.25, 0.3) is 5.91 Å². The van der Waals surface area contributed by atoms with Crippen molar-refractivity contribution in [1.82, 2.24) is 10.6 Å². The first kappa shape index (κ1) is 10.7. The molecule has 1 saturated heterocycles. The number of hydrogen-bond acceptors (Lipinski definition) is 2. The quantitative estimate of drug-likeness (QED) is 0.832. The Bertz CT molecular complexity index is 391. The smallest absolute Gasteiger partial charge is 0.253 e. The second-order valence-electron chi connectivity index (χ2n) is 3.45. The Morgan fingerprint density at radius 2 is 2.13 bits per heavy atom. The van der Waals surface area contributed by atoms with Gasteiger partial charge in [-0.2, -0.15) is 0 Å². The van der Waals surface area contributed by atoms with E-state index in [2.05, 4.69) is 10.6 Å². The van der Waals surface area contributed by atoms with Crippen LogP contribution in [-0.2, 0) is 0 Å². The van der Waals surface area contributed by atoms with E-state index in [1.165, 1.54) is 0 Å². The lowest BCUT2D eigenvalue weighted by Crippen LogP contribution is -2.56. The van der Waals surface area contributed by atoms with E-state index < -0.39 is 0 Å². The van der Waals surface area contributed by atoms with Crippen LogP contribution in [0.4, 0.5) is 0 Å². The number of amides is 1. The molecule has 1 heterocycles. The summed E-state index contributed by atoms with van der Waals surface area (Å²) in [7, 11) is 0. The Kier molecular flexibility index (Phi) is 3.14. The number of benzene rings is 1. The third kappa shape index (κ3) is 2.43. The Labute approximate surface area is 97.8 Å². The van der Waals surface area contributed by atoms with E-state index in [1.54, 1.807) is 18.2 Å². The molecule has 1 aliphatic rings. The van der Waals surface area contributed by atoms with E-state index in [9.17, 15) is 4.79 Å². The number of rotatable bonds is 2. The average molecular weight is 245 g/mol. The van der Waals surface area contributed by atoms with Crippen LogP contribution < -0.4 is 10.6 Å². The van der Waals surface area contributed by atoms with Crippen LogP contribution in [0.1, 0.15) is 10.4 Å². The molecule has 15 heavy (non-hydrogen) atoms. The van der Waals surface area contributed by atoms with E-state index in [0.29, 0.717) is 15.6 Å². The van der Waals surface area contributed by atoms with Gasteiger partial charge in [-0.05, 0) is 18.2 Å². The molecule has 0 saturated carbocycles. The van der Waals surface area contributed by atoms with Crippen LogP contribution in [-0.4, -0.2) is 25.0 Å². The van der Waals surface area contributed by atoms with Gasteiger partial charge in [-0.1, -0.05) is 23.2 Å². The number of carbonyl (C=O) groups excluding carboxylic acids is 1. The minimum Gasteiger partial charge on any atom is -0.347 e. The van der Waals surface area contributed by atoms with Crippen molar-refractivity contribution >= 4 is 29.1 Å². The van der Waals surface area contributed by atoms with E-state index >= 15 is 0 Å². The minimum absolute atomic E-state index is 0.150. The maximum atomic E-state index is 11.7. The Hall–Kier alpha value is -0.770. The molecule has 2 rings (SSSR count). The first-order valence-corrected chi connectivity index (χ1v) is 5.39. The summed E-state index contributed by atoms with van der Waals surface area (Å²) in [4.78, 5) is 11.7. The fraction of sp³-hybridized carbons (Fsp3) is 0.300. The zero-order chi connectivity index (χ0) is 10.8. The fourth-order valence-corrected chi connectivity index (χ4v) is 1.82. The predicted octanol–water partition coefficient (Wildman–Crippen LogP) is 1.70. The van der Waals surface area contributed by atoms with Crippen LogP contribution in [0.5, 0.6) is 0 Å². The van der Waals surface area contributed by atoms with Crippen LogP contribution in [0.25, 0.3) is 0 Å². The molecule has 2 N–H and O–H groups in total. The largest absolute Gasteiger partial charge is 0.347 e. The fourth-order valence-electron chi connectivity index (χ4n) is 1.33. The third-order valence-electron chi connectivity index (χ3n) is 2.29. The van der Waals surface area contributed by atoms with E-state index in [4.69, 9.17) is 23.2 Å². The molecule has 5 heteroatoms. The van der Waals surface area contributed by atoms with Gasteiger partial charge in [0.15, 0.2) is 0 Å². The van der Waals surface area contributed by atoms with Crippen molar-refractivity contribution in [3.63, 3.8) is 0 Å². The zero-order valence-electron chi connectivity index (χ0n) is 7.89. The molecule has 1 fully saturated rings. The SMILES string of the molecule is O=C(NC1CNC1)c1ccc(Cl)cc1Cl. The number of nitrogens with one attached hydrogen (secondary N) is 2. The maximum Gasteiger partial charge on any atom is 0.253 e. The van der Waals surface area contributed by atoms with Crippen molar-refractivity contribution in [1.29, 1.82) is 0 Å². The summed E-state index contributed by atoms with van der Waals surface area (Å²) in [5.41, 5.74) is 0.466. The topological polar surface area (TPSA) is 41.1 Å². The molecule has 80 valence electrons. The Morgan fingerprint density at radius 3 is 2.67 bits per heavy atom. The summed E-state index contributed by atoms with van der Waals surface area (Å²) in [6, 6.07) is 5.06. The van der Waals surface area contributed by atoms with E-state index in [1.807, 2.05) is 0 Å². The maximum absolute atomic E-state index is 11.7. The second kappa shape index (κ2) is 4.39. The average Bonchev–Trinajstić information content (AvgIpc) is 2.11. The van der Waals surface area contributed by atoms with Gasteiger partial charge in [-0.15, -0.1) is 0 Å². The predicted molar refractivity (Wildman–Crippen MR) is 60.6 cm³/mol. The summed E-state index contributed by atoms with van der Waals surface area (Å²) >= 11 is 11.6. The highest BCUT2D eigenvalue weighted by Crippen LogP contribution is 2.20. The molecule has 1 aliphatic heterocycles. The highest BCUT2D eigenvalue weighted by Gasteiger charge is 2.20. The first-order chi connectivity index (χ1) is 7.16. The van der Waals surface area contributed by atoms with Gasteiger partial charge < -0.3 is 10.6 Å². The van der Waals surface area contributed by atoms with Crippen molar-refractivity contribution in [3.8, 4) is 0 Å². The van der Waals surface area contributed by atoms with Crippen molar-refractivity contribution in [2.24, 2.45) is 0 Å². The highest BCUT2D eigenvalue weighted by molar-refractivity contribution is 6.36. The molecule has 0 bridgehead atoms. The second-order valence-corrected chi connectivity index (χ2v) is 4.30. The monoisotopic (exact) mass is 244 g/mol. The normalized spacial score (nSPS) is 15.9. The third-order valence-corrected chi connectivity index (χ3v) is 2.84. The molecule has 1 aromatic rings. The minimum atomic E-state index is -0.150. The summed E-state index contributed by atoms with van der Waals surface area (Å²) in [6.45, 7) is 1.63. The molecule has 3 nitrogen and oxygen atoms in total. The van der Waals surface area contributed by atoms with Gasteiger partial charge in [-0.25, -0.2) is 0 Å². The molecular weight excluding hydrogens is 235 g/mol. The lowest BCUT2D eigenvalue weighted by atomic mass is 10.1. The van der Waals surface area contributed by atoms with Crippen molar-refractivity contribution in [2.75, 3.05) is 13.1 Å². The molecule has 0 aliphatic carbocycles. The lowest BCUT2D eigenvalue weighted by molar-refractivity contribution is 0.0924. The molecule has 0 spiro atoms. The van der Waals surface area contributed by atoms with Crippen LogP contribution in [0.15, 0.2) is 18.2 Å². The van der Waals surface area contributed by atoms with Crippen LogP contribution in [0.3, 0.4) is 0 Å². The summed E-state index contributed by atoms with van der Waals surface area (Å²) in [5, 5.41) is 6.85. The van der Waals surface area contributed by atoms with Crippen LogP contribution in [0.2, 0.25) is 10.0 Å². The summed E-state index contributed by atoms with van der Waals surface area (Å²) in [6.07, 6.45) is 0. The molecular formula is C10H10Cl2N2O. The zero-order valence-corrected chi connectivity index (χ0v) is 9.40. The molecule has 0 radical (unpaired) electrons. The van der Waals surface area contributed by atoms with Gasteiger partial charge in [-0.3, -0.25) is 4.79 Å². The molecule has 0 aromatic heterocycles. The van der Waals surface area contributed by atoms with Crippen molar-refractivity contribution in [2.45, 2.75) is 6.04 Å². The standard InChI is InChI=1S/C10H10Cl2N2O/c11-6-1-2-8(9(12)3-6)10(15)14-7-4-13-5-7/h1-3,7,13H,4-5H2,(H,14,15). The van der Waals surface area contributed by atoms with Gasteiger partial charge in [0.2, 0.25) is 0 Å². The van der Waals surface area contributed by atoms with Gasteiger partial charge in [0.05, 0.1) is 16.6 Å². The molecule has 1 amide bonds. The van der Waals surface area contributed by atoms with Crippen molar-refractivity contribution < 1.29 is 4.79 Å². The molecule has 0 atom stereocenters. The van der Waals surface area contributed by atoms with Crippen LogP contribution >= 0.6 is 23.2 Å². The Balaban J connectivity index is 2.10. The number of hydrogen-bond donors (Lipinski definition) is 2. The number of carbonyl (C=O) groups is 1. The highest BCUT2D eigenvalue weighted by atomic mass is 35.5. The van der Waals surface area contributed by atoms with Gasteiger partial charge >= 0.3 is 0 Å². The van der Waals surface area contributed by atoms with Gasteiger partial charge in [0, 0.05) is 18.1 Å². The van der Waals surface area contributed by atoms with Crippen LogP contribution in [0, 0.1) is 0 Å². The summed E-state index contributed by atoms with van der Waals surface area (Å²) in [5.74, 6) is -0.150. The van der Waals surface area contributed by atoms with E-state index in [-0.39, 0.29) is 11.9 Å². The Morgan fingerprint density at radius 1 is 1.40 bits per heavy atom. The van der Waals surface area contributed by atoms with E-state index in [0.717, 1.165) is 13.1 Å². The number of halogens is 2. The lowest BCUT2D eigenvalue weighted by Gasteiger charge is -2.28. The van der Waals surface area contributed by atoms with Crippen molar-refractivity contribution in [3.05, 3.63) is 33.8 Å². The van der Waals surface area contributed by atoms with Gasteiger partial charge in [0.1, 0.15) is 0 Å².